The average Bonchev–Trinajstić information content (AvgIpc) is 2.49. The van der Waals surface area contributed by atoms with E-state index in [4.69, 9.17) is 23.2 Å². The van der Waals surface area contributed by atoms with Crippen LogP contribution in [0.3, 0.4) is 0 Å². The topological polar surface area (TPSA) is 45.1 Å². The van der Waals surface area contributed by atoms with Crippen LogP contribution >= 0.6 is 23.2 Å². The largest absolute Gasteiger partial charge is 0.506 e. The van der Waals surface area contributed by atoms with E-state index in [1.54, 1.807) is 12.3 Å². The van der Waals surface area contributed by atoms with Crippen molar-refractivity contribution < 1.29 is 5.11 Å². The van der Waals surface area contributed by atoms with E-state index in [2.05, 4.69) is 10.3 Å². The molecule has 3 nitrogen and oxygen atoms in total. The minimum Gasteiger partial charge on any atom is -0.506 e. The number of halogens is 2. The fraction of sp³-hybridized carbons (Fsp3) is 0.0625. The lowest BCUT2D eigenvalue weighted by Gasteiger charge is -2.10. The number of nitrogens with one attached hydrogen (secondary N) is 1. The van der Waals surface area contributed by atoms with Crippen molar-refractivity contribution in [2.45, 2.75) is 6.54 Å². The highest BCUT2D eigenvalue weighted by Crippen LogP contribution is 2.31. The van der Waals surface area contributed by atoms with Gasteiger partial charge < -0.3 is 10.4 Å². The Labute approximate surface area is 132 Å². The van der Waals surface area contributed by atoms with Crippen LogP contribution in [0.1, 0.15) is 5.56 Å². The molecule has 2 aromatic carbocycles. The van der Waals surface area contributed by atoms with Crippen LogP contribution in [0.15, 0.2) is 48.7 Å². The van der Waals surface area contributed by atoms with Crippen LogP contribution in [0.5, 0.6) is 5.75 Å². The van der Waals surface area contributed by atoms with Gasteiger partial charge in [0.25, 0.3) is 0 Å². The van der Waals surface area contributed by atoms with Crippen molar-refractivity contribution in [3.8, 4) is 5.75 Å². The number of rotatable bonds is 3. The molecule has 3 aromatic rings. The lowest BCUT2D eigenvalue weighted by molar-refractivity contribution is 0.469. The minimum atomic E-state index is 0.0519. The summed E-state index contributed by atoms with van der Waals surface area (Å²) in [6.45, 7) is 0.428. The van der Waals surface area contributed by atoms with Gasteiger partial charge in [-0.05, 0) is 36.4 Å². The number of phenols is 1. The number of aromatic hydroxyl groups is 1. The summed E-state index contributed by atoms with van der Waals surface area (Å²) in [4.78, 5) is 4.28. The molecule has 0 radical (unpaired) electrons. The van der Waals surface area contributed by atoms with Gasteiger partial charge in [0.2, 0.25) is 0 Å². The summed E-state index contributed by atoms with van der Waals surface area (Å²) in [7, 11) is 0. The van der Waals surface area contributed by atoms with Crippen molar-refractivity contribution in [3.63, 3.8) is 0 Å². The third-order valence-corrected chi connectivity index (χ3v) is 3.70. The van der Waals surface area contributed by atoms with Gasteiger partial charge in [-0.25, -0.2) is 0 Å². The molecule has 5 heteroatoms. The van der Waals surface area contributed by atoms with Crippen molar-refractivity contribution in [2.75, 3.05) is 5.32 Å². The normalized spacial score (nSPS) is 10.8. The molecule has 0 atom stereocenters. The fourth-order valence-corrected chi connectivity index (χ4v) is 2.67. The van der Waals surface area contributed by atoms with Crippen LogP contribution in [0.25, 0.3) is 10.9 Å². The van der Waals surface area contributed by atoms with E-state index in [-0.39, 0.29) is 10.8 Å². The Balaban J connectivity index is 1.83. The average molecular weight is 319 g/mol. The van der Waals surface area contributed by atoms with E-state index >= 15 is 0 Å². The van der Waals surface area contributed by atoms with Crippen molar-refractivity contribution in [3.05, 3.63) is 64.3 Å². The number of fused-ring (bicyclic) bond motifs is 1. The number of phenolic OH excluding ortho intramolecular Hbond substituents is 1. The SMILES string of the molecule is Oc1c(Cl)cc(Cl)cc1CNc1ccc2ncccc2c1. The van der Waals surface area contributed by atoms with E-state index < -0.39 is 0 Å². The van der Waals surface area contributed by atoms with Gasteiger partial charge in [0.15, 0.2) is 0 Å². The zero-order valence-electron chi connectivity index (χ0n) is 11.0. The second-order valence-electron chi connectivity index (χ2n) is 4.66. The third-order valence-electron chi connectivity index (χ3n) is 3.19. The van der Waals surface area contributed by atoms with Gasteiger partial charge in [-0.1, -0.05) is 29.3 Å². The maximum Gasteiger partial charge on any atom is 0.139 e. The maximum absolute atomic E-state index is 9.93. The molecule has 0 aliphatic rings. The van der Waals surface area contributed by atoms with Gasteiger partial charge in [0.1, 0.15) is 5.75 Å². The highest BCUT2D eigenvalue weighted by atomic mass is 35.5. The van der Waals surface area contributed by atoms with Gasteiger partial charge >= 0.3 is 0 Å². The molecule has 3 rings (SSSR count). The van der Waals surface area contributed by atoms with Crippen LogP contribution in [0.2, 0.25) is 10.0 Å². The van der Waals surface area contributed by atoms with E-state index in [9.17, 15) is 5.11 Å². The highest BCUT2D eigenvalue weighted by molar-refractivity contribution is 6.35. The van der Waals surface area contributed by atoms with Crippen LogP contribution in [0.4, 0.5) is 5.69 Å². The Bertz CT molecular complexity index is 805. The molecular formula is C16H12Cl2N2O. The molecule has 0 fully saturated rings. The van der Waals surface area contributed by atoms with Gasteiger partial charge in [0.05, 0.1) is 10.5 Å². The number of hydrogen-bond acceptors (Lipinski definition) is 3. The summed E-state index contributed by atoms with van der Waals surface area (Å²) in [6, 6.07) is 13.0. The summed E-state index contributed by atoms with van der Waals surface area (Å²) < 4.78 is 0. The first-order chi connectivity index (χ1) is 10.1. The number of benzene rings is 2. The quantitative estimate of drug-likeness (QED) is 0.725. The van der Waals surface area contributed by atoms with E-state index in [1.807, 2.05) is 30.3 Å². The number of pyridine rings is 1. The number of anilines is 1. The van der Waals surface area contributed by atoms with Crippen LogP contribution < -0.4 is 5.32 Å². The van der Waals surface area contributed by atoms with Gasteiger partial charge in [-0.15, -0.1) is 0 Å². The first-order valence-corrected chi connectivity index (χ1v) is 7.14. The van der Waals surface area contributed by atoms with Crippen molar-refractivity contribution in [1.29, 1.82) is 0 Å². The van der Waals surface area contributed by atoms with Gasteiger partial charge in [0, 0.05) is 34.4 Å². The summed E-state index contributed by atoms with van der Waals surface area (Å²) in [5, 5.41) is 15.0. The van der Waals surface area contributed by atoms with Crippen LogP contribution in [0, 0.1) is 0 Å². The number of nitrogens with zero attached hydrogens (tertiary/aromatic N) is 1. The molecule has 2 N–H and O–H groups in total. The third kappa shape index (κ3) is 3.04. The standard InChI is InChI=1S/C16H12Cl2N2O/c17-12-6-11(16(21)14(18)8-12)9-20-13-3-4-15-10(7-13)2-1-5-19-15/h1-8,20-21H,9H2. The molecule has 1 aromatic heterocycles. The molecule has 0 spiro atoms. The van der Waals surface area contributed by atoms with E-state index in [1.165, 1.54) is 6.07 Å². The second-order valence-corrected chi connectivity index (χ2v) is 5.50. The van der Waals surface area contributed by atoms with Gasteiger partial charge in [-0.3, -0.25) is 4.98 Å². The predicted molar refractivity (Wildman–Crippen MR) is 87.2 cm³/mol. The fourth-order valence-electron chi connectivity index (χ4n) is 2.14. The predicted octanol–water partition coefficient (Wildman–Crippen LogP) is 4.86. The Hall–Kier alpha value is -1.97. The summed E-state index contributed by atoms with van der Waals surface area (Å²) >= 11 is 11.9. The molecule has 0 amide bonds. The van der Waals surface area contributed by atoms with E-state index in [0.29, 0.717) is 17.1 Å². The summed E-state index contributed by atoms with van der Waals surface area (Å²) in [6.07, 6.45) is 1.77. The molecule has 1 heterocycles. The van der Waals surface area contributed by atoms with Crippen LogP contribution in [-0.2, 0) is 6.54 Å². The monoisotopic (exact) mass is 318 g/mol. The number of hydrogen-bond donors (Lipinski definition) is 2. The van der Waals surface area contributed by atoms with Crippen molar-refractivity contribution >= 4 is 39.8 Å². The number of aromatic nitrogens is 1. The molecule has 106 valence electrons. The smallest absolute Gasteiger partial charge is 0.139 e. The highest BCUT2D eigenvalue weighted by Gasteiger charge is 2.08. The molecule has 0 unspecified atom stereocenters. The zero-order chi connectivity index (χ0) is 14.8. The van der Waals surface area contributed by atoms with Crippen LogP contribution in [-0.4, -0.2) is 10.1 Å². The second kappa shape index (κ2) is 5.80. The zero-order valence-corrected chi connectivity index (χ0v) is 12.5. The first-order valence-electron chi connectivity index (χ1n) is 6.39. The Morgan fingerprint density at radius 1 is 1.10 bits per heavy atom. The van der Waals surface area contributed by atoms with Crippen molar-refractivity contribution in [1.82, 2.24) is 4.98 Å². The Morgan fingerprint density at radius 3 is 2.81 bits per heavy atom. The molecule has 0 bridgehead atoms. The summed E-state index contributed by atoms with van der Waals surface area (Å²) in [5.74, 6) is 0.0519. The molecule has 0 saturated heterocycles. The lowest BCUT2D eigenvalue weighted by atomic mass is 10.1. The molecule has 0 saturated carbocycles. The van der Waals surface area contributed by atoms with E-state index in [0.717, 1.165) is 16.6 Å². The molecule has 21 heavy (non-hydrogen) atoms. The Kier molecular flexibility index (Phi) is 3.86. The molecule has 0 aliphatic heterocycles. The molecular weight excluding hydrogens is 307 g/mol. The molecule has 0 aliphatic carbocycles. The Morgan fingerprint density at radius 2 is 1.95 bits per heavy atom. The van der Waals surface area contributed by atoms with Crippen molar-refractivity contribution in [2.24, 2.45) is 0 Å². The lowest BCUT2D eigenvalue weighted by Crippen LogP contribution is -2.00. The first kappa shape index (κ1) is 14.0. The summed E-state index contributed by atoms with van der Waals surface area (Å²) in [5.41, 5.74) is 2.53. The minimum absolute atomic E-state index is 0.0519. The maximum atomic E-state index is 9.93. The van der Waals surface area contributed by atoms with Gasteiger partial charge in [-0.2, -0.15) is 0 Å².